The van der Waals surface area contributed by atoms with E-state index in [1.54, 1.807) is 0 Å². The van der Waals surface area contributed by atoms with Gasteiger partial charge in [-0.1, -0.05) is 121 Å². The van der Waals surface area contributed by atoms with E-state index in [0.29, 0.717) is 11.1 Å². The van der Waals surface area contributed by atoms with E-state index < -0.39 is 8.07 Å². The van der Waals surface area contributed by atoms with Gasteiger partial charge in [0.2, 0.25) is 0 Å². The van der Waals surface area contributed by atoms with Gasteiger partial charge in [-0.05, 0) is 81.4 Å². The number of hydrogen-bond donors (Lipinski definition) is 0. The van der Waals surface area contributed by atoms with Gasteiger partial charge in [0.05, 0.1) is 0 Å². The van der Waals surface area contributed by atoms with Gasteiger partial charge in [-0.2, -0.15) is 0 Å². The molecule has 7 aromatic carbocycles. The van der Waals surface area contributed by atoms with Gasteiger partial charge in [-0.3, -0.25) is 4.79 Å². The van der Waals surface area contributed by atoms with E-state index in [9.17, 15) is 4.79 Å². The van der Waals surface area contributed by atoms with Crippen LogP contribution in [-0.4, -0.2) is 13.9 Å². The zero-order valence-electron chi connectivity index (χ0n) is 25.6. The van der Waals surface area contributed by atoms with Crippen LogP contribution >= 0.6 is 0 Å². The molecule has 4 heteroatoms. The predicted octanol–water partition coefficient (Wildman–Crippen LogP) is 7.86. The van der Waals surface area contributed by atoms with Crippen molar-refractivity contribution in [2.45, 2.75) is 0 Å². The van der Waals surface area contributed by atoms with Crippen molar-refractivity contribution >= 4 is 68.7 Å². The van der Waals surface area contributed by atoms with Crippen molar-refractivity contribution in [2.75, 3.05) is 9.80 Å². The number of carbonyl (C=O) groups excluding carboxylic acids is 1. The molecule has 7 aromatic rings. The molecule has 0 bridgehead atoms. The van der Waals surface area contributed by atoms with Crippen LogP contribution in [0.25, 0.3) is 0 Å². The first-order valence-electron chi connectivity index (χ1n) is 16.0. The molecule has 0 aliphatic carbocycles. The van der Waals surface area contributed by atoms with Crippen LogP contribution in [0.15, 0.2) is 182 Å². The second-order valence-corrected chi connectivity index (χ2v) is 15.7. The van der Waals surface area contributed by atoms with Gasteiger partial charge >= 0.3 is 0 Å². The molecule has 47 heavy (non-hydrogen) atoms. The summed E-state index contributed by atoms with van der Waals surface area (Å²) in [6, 6.07) is 64.2. The number of nitrogens with zero attached hydrogens (tertiary/aromatic N) is 2. The van der Waals surface area contributed by atoms with Gasteiger partial charge in [0.25, 0.3) is 0 Å². The highest BCUT2D eigenvalue weighted by Gasteiger charge is 2.53. The summed E-state index contributed by atoms with van der Waals surface area (Å²) < 4.78 is 0. The highest BCUT2D eigenvalue weighted by Crippen LogP contribution is 2.43. The Morgan fingerprint density at radius 3 is 1.09 bits per heavy atom. The summed E-state index contributed by atoms with van der Waals surface area (Å²) in [5, 5.41) is 5.48. The maximum atomic E-state index is 13.3. The molecular weight excluding hydrogens is 589 g/mol. The Morgan fingerprint density at radius 1 is 0.340 bits per heavy atom. The quantitative estimate of drug-likeness (QED) is 0.148. The Morgan fingerprint density at radius 2 is 0.660 bits per heavy atom. The second kappa shape index (κ2) is 10.8. The summed E-state index contributed by atoms with van der Waals surface area (Å²) in [6.07, 6.45) is 0. The molecule has 9 rings (SSSR count). The molecule has 0 saturated carbocycles. The van der Waals surface area contributed by atoms with Gasteiger partial charge in [0.15, 0.2) is 13.9 Å². The molecule has 0 aromatic heterocycles. The van der Waals surface area contributed by atoms with Crippen LogP contribution in [0.2, 0.25) is 0 Å². The van der Waals surface area contributed by atoms with Crippen LogP contribution in [-0.2, 0) is 0 Å². The minimum atomic E-state index is -2.81. The van der Waals surface area contributed by atoms with Crippen molar-refractivity contribution in [3.05, 3.63) is 193 Å². The van der Waals surface area contributed by atoms with Crippen molar-refractivity contribution in [1.29, 1.82) is 0 Å². The Bertz CT molecular complexity index is 2190. The fourth-order valence-corrected chi connectivity index (χ4v) is 13.2. The lowest BCUT2D eigenvalue weighted by atomic mass is 10.0. The lowest BCUT2D eigenvalue weighted by Crippen LogP contribution is -2.79. The fourth-order valence-electron chi connectivity index (χ4n) is 7.72. The molecule has 0 fully saturated rings. The number of carbonyl (C=O) groups is 1. The van der Waals surface area contributed by atoms with Crippen molar-refractivity contribution < 1.29 is 4.79 Å². The average Bonchev–Trinajstić information content (AvgIpc) is 3.15. The molecule has 0 amide bonds. The van der Waals surface area contributed by atoms with Crippen LogP contribution < -0.4 is 30.5 Å². The normalized spacial score (nSPS) is 13.7. The maximum Gasteiger partial charge on any atom is 0.193 e. The van der Waals surface area contributed by atoms with E-state index >= 15 is 0 Å². The molecule has 0 radical (unpaired) electrons. The van der Waals surface area contributed by atoms with Gasteiger partial charge in [0, 0.05) is 45.3 Å². The largest absolute Gasteiger partial charge is 0.311 e. The van der Waals surface area contributed by atoms with E-state index in [2.05, 4.69) is 149 Å². The zero-order valence-corrected chi connectivity index (χ0v) is 26.6. The first kappa shape index (κ1) is 27.3. The number of anilines is 6. The fraction of sp³-hybridized carbons (Fsp3) is 0. The first-order valence-corrected chi connectivity index (χ1v) is 18.0. The third kappa shape index (κ3) is 4.02. The zero-order chi connectivity index (χ0) is 31.4. The summed E-state index contributed by atoms with van der Waals surface area (Å²) in [5.74, 6) is 0.0290. The number of para-hydroxylation sites is 5. The SMILES string of the molecule is O=C(c1ccccc1)c1ccc(N2c3ccccc3[Si]3(c4ccccc4N(c4ccccc4)c4ccccc43)c3ccccc32)cc1. The number of ketones is 1. The molecular formula is C43H30N2OSi. The van der Waals surface area contributed by atoms with Gasteiger partial charge in [0.1, 0.15) is 0 Å². The standard InChI is InChI=1S/C43H30N2OSi/c46-43(31-15-3-1-4-16-31)32-27-29-34(30-28-32)45-37-21-9-13-25-41(37)47(42-26-14-10-22-38(42)45)39-23-11-7-19-35(39)44(33-17-5-2-6-18-33)36-20-8-12-24-40(36)47/h1-30H. The highest BCUT2D eigenvalue weighted by atomic mass is 28.3. The molecule has 0 saturated heterocycles. The maximum absolute atomic E-state index is 13.3. The lowest BCUT2D eigenvalue weighted by Gasteiger charge is -2.50. The van der Waals surface area contributed by atoms with E-state index in [1.807, 2.05) is 42.5 Å². The summed E-state index contributed by atoms with van der Waals surface area (Å²) >= 11 is 0. The summed E-state index contributed by atoms with van der Waals surface area (Å²) in [5.41, 5.74) is 8.37. The van der Waals surface area contributed by atoms with Crippen LogP contribution in [0.5, 0.6) is 0 Å². The summed E-state index contributed by atoms with van der Waals surface area (Å²) in [6.45, 7) is 0. The average molecular weight is 619 g/mol. The van der Waals surface area contributed by atoms with Crippen LogP contribution in [0, 0.1) is 0 Å². The number of benzene rings is 7. The third-order valence-electron chi connectivity index (χ3n) is 9.63. The second-order valence-electron chi connectivity index (χ2n) is 12.1. The summed E-state index contributed by atoms with van der Waals surface area (Å²) in [7, 11) is -2.81. The van der Waals surface area contributed by atoms with Gasteiger partial charge in [-0.25, -0.2) is 0 Å². The number of hydrogen-bond acceptors (Lipinski definition) is 3. The minimum absolute atomic E-state index is 0.0290. The van der Waals surface area contributed by atoms with E-state index in [0.717, 1.165) is 11.4 Å². The van der Waals surface area contributed by atoms with Crippen LogP contribution in [0.3, 0.4) is 0 Å². The monoisotopic (exact) mass is 618 g/mol. The van der Waals surface area contributed by atoms with Crippen molar-refractivity contribution in [3.8, 4) is 0 Å². The Hall–Kier alpha value is -5.97. The molecule has 0 unspecified atom stereocenters. The molecule has 2 heterocycles. The number of fused-ring (bicyclic) bond motifs is 8. The van der Waals surface area contributed by atoms with E-state index in [4.69, 9.17) is 0 Å². The Kier molecular flexibility index (Phi) is 6.30. The lowest BCUT2D eigenvalue weighted by molar-refractivity contribution is 0.103. The molecule has 2 aliphatic rings. The molecule has 2 aliphatic heterocycles. The molecule has 3 nitrogen and oxygen atoms in total. The molecule has 0 atom stereocenters. The summed E-state index contributed by atoms with van der Waals surface area (Å²) in [4.78, 5) is 18.1. The smallest absolute Gasteiger partial charge is 0.193 e. The molecule has 1 spiro atoms. The van der Waals surface area contributed by atoms with Crippen LogP contribution in [0.1, 0.15) is 15.9 Å². The Balaban J connectivity index is 1.29. The van der Waals surface area contributed by atoms with Crippen molar-refractivity contribution in [3.63, 3.8) is 0 Å². The minimum Gasteiger partial charge on any atom is -0.311 e. The van der Waals surface area contributed by atoms with Gasteiger partial charge < -0.3 is 9.80 Å². The van der Waals surface area contributed by atoms with Crippen molar-refractivity contribution in [2.24, 2.45) is 0 Å². The van der Waals surface area contributed by atoms with Crippen LogP contribution in [0.4, 0.5) is 34.1 Å². The Labute approximate surface area is 275 Å². The number of rotatable bonds is 4. The third-order valence-corrected chi connectivity index (χ3v) is 14.6. The molecule has 0 N–H and O–H groups in total. The van der Waals surface area contributed by atoms with Gasteiger partial charge in [-0.15, -0.1) is 0 Å². The first-order chi connectivity index (χ1) is 23.3. The highest BCUT2D eigenvalue weighted by molar-refractivity contribution is 7.23. The van der Waals surface area contributed by atoms with E-state index in [1.165, 1.54) is 43.5 Å². The van der Waals surface area contributed by atoms with E-state index in [-0.39, 0.29) is 5.78 Å². The predicted molar refractivity (Wildman–Crippen MR) is 196 cm³/mol. The molecule has 222 valence electrons. The van der Waals surface area contributed by atoms with Crippen molar-refractivity contribution in [1.82, 2.24) is 0 Å². The topological polar surface area (TPSA) is 23.6 Å².